The molecule has 0 saturated carbocycles. The van der Waals surface area contributed by atoms with Crippen molar-refractivity contribution in [1.82, 2.24) is 0 Å². The van der Waals surface area contributed by atoms with Crippen molar-refractivity contribution in [2.45, 2.75) is 13.8 Å². The fraction of sp³-hybridized carbons (Fsp3) is 0.143. The minimum absolute atomic E-state index is 0.750. The van der Waals surface area contributed by atoms with E-state index in [4.69, 9.17) is 20.4 Å². The Hall–Kier alpha value is -2.54. The maximum absolute atomic E-state index is 8.35. The van der Waals surface area contributed by atoms with Crippen LogP contribution in [-0.2, 0) is 9.59 Å². The lowest BCUT2D eigenvalue weighted by molar-refractivity contribution is 0.562. The average molecular weight is 242 g/mol. The van der Waals surface area contributed by atoms with Crippen LogP contribution >= 0.6 is 0 Å². The molecule has 0 amide bonds. The molecule has 4 heteroatoms. The van der Waals surface area contributed by atoms with Gasteiger partial charge in [0.05, 0.1) is 0 Å². The van der Waals surface area contributed by atoms with Gasteiger partial charge in [-0.25, -0.2) is 20.4 Å². The van der Waals surface area contributed by atoms with Crippen LogP contribution in [0.5, 0.6) is 0 Å². The number of isocyanates is 2. The molecular formula is C14H14N2O2. The molecule has 92 valence electrons. The molecule has 0 aromatic heterocycles. The van der Waals surface area contributed by atoms with Gasteiger partial charge in [-0.05, 0) is 35.7 Å². The molecule has 0 aliphatic rings. The Morgan fingerprint density at radius 2 is 1.06 bits per heavy atom. The summed E-state index contributed by atoms with van der Waals surface area (Å²) in [6.45, 7) is 4.31. The van der Waals surface area contributed by atoms with Crippen molar-refractivity contribution >= 4 is 22.9 Å². The SMILES string of the molecule is Cc1cccc2c(C)cccc12.N=C=O.N=C=O. The summed E-state index contributed by atoms with van der Waals surface area (Å²) < 4.78 is 0. The fourth-order valence-corrected chi connectivity index (χ4v) is 1.62. The molecule has 0 unspecified atom stereocenters. The Balaban J connectivity index is 0.000000414. The molecule has 0 aliphatic heterocycles. The van der Waals surface area contributed by atoms with E-state index in [1.54, 1.807) is 0 Å². The monoisotopic (exact) mass is 242 g/mol. The van der Waals surface area contributed by atoms with Crippen molar-refractivity contribution < 1.29 is 9.59 Å². The Labute approximate surface area is 105 Å². The summed E-state index contributed by atoms with van der Waals surface area (Å²) >= 11 is 0. The highest BCUT2D eigenvalue weighted by Gasteiger charge is 1.96. The molecular weight excluding hydrogens is 228 g/mol. The first-order valence-electron chi connectivity index (χ1n) is 5.15. The summed E-state index contributed by atoms with van der Waals surface area (Å²) in [4.78, 5) is 16.7. The van der Waals surface area contributed by atoms with Crippen molar-refractivity contribution in [1.29, 1.82) is 10.8 Å². The summed E-state index contributed by atoms with van der Waals surface area (Å²) in [5.74, 6) is 0. The van der Waals surface area contributed by atoms with Gasteiger partial charge in [0.1, 0.15) is 0 Å². The molecule has 2 rings (SSSR count). The van der Waals surface area contributed by atoms with Crippen molar-refractivity contribution in [2.24, 2.45) is 0 Å². The minimum Gasteiger partial charge on any atom is -0.222 e. The van der Waals surface area contributed by atoms with Crippen LogP contribution in [0.2, 0.25) is 0 Å². The van der Waals surface area contributed by atoms with Crippen LogP contribution in [0.15, 0.2) is 36.4 Å². The first-order chi connectivity index (χ1) is 8.62. The van der Waals surface area contributed by atoms with Crippen LogP contribution in [0.25, 0.3) is 10.8 Å². The van der Waals surface area contributed by atoms with Crippen LogP contribution < -0.4 is 0 Å². The molecule has 18 heavy (non-hydrogen) atoms. The average Bonchev–Trinajstić information content (AvgIpc) is 2.33. The number of hydrogen-bond donors (Lipinski definition) is 2. The highest BCUT2D eigenvalue weighted by atomic mass is 16.1. The predicted octanol–water partition coefficient (Wildman–Crippen LogP) is 3.26. The number of benzene rings is 2. The van der Waals surface area contributed by atoms with Crippen LogP contribution in [-0.4, -0.2) is 12.2 Å². The predicted molar refractivity (Wildman–Crippen MR) is 70.2 cm³/mol. The van der Waals surface area contributed by atoms with E-state index in [1.165, 1.54) is 21.9 Å². The van der Waals surface area contributed by atoms with Crippen LogP contribution in [0, 0.1) is 24.7 Å². The third kappa shape index (κ3) is 4.54. The molecule has 0 fully saturated rings. The molecule has 0 atom stereocenters. The molecule has 2 aromatic carbocycles. The van der Waals surface area contributed by atoms with Gasteiger partial charge in [0.15, 0.2) is 0 Å². The summed E-state index contributed by atoms with van der Waals surface area (Å²) in [5, 5.41) is 13.6. The Morgan fingerprint density at radius 1 is 0.778 bits per heavy atom. The van der Waals surface area contributed by atoms with Crippen LogP contribution in [0.4, 0.5) is 0 Å². The molecule has 2 aromatic rings. The molecule has 0 heterocycles. The minimum atomic E-state index is 0.750. The van der Waals surface area contributed by atoms with Gasteiger partial charge in [0.2, 0.25) is 12.2 Å². The van der Waals surface area contributed by atoms with E-state index in [2.05, 4.69) is 50.2 Å². The Bertz CT molecular complexity index is 526. The standard InChI is InChI=1S/C12H12.2CHNO/c1-9-5-3-8-12-10(2)6-4-7-11(9)12;2*2-1-3/h3-8H,1-2H3;2*2H. The Morgan fingerprint density at radius 3 is 1.33 bits per heavy atom. The summed E-state index contributed by atoms with van der Waals surface area (Å²) in [7, 11) is 0. The number of nitrogens with one attached hydrogen (secondary N) is 2. The second-order valence-electron chi connectivity index (χ2n) is 3.45. The lowest BCUT2D eigenvalue weighted by atomic mass is 10.0. The Kier molecular flexibility index (Phi) is 7.38. The number of hydrogen-bond acceptors (Lipinski definition) is 4. The van der Waals surface area contributed by atoms with E-state index < -0.39 is 0 Å². The summed E-state index contributed by atoms with van der Waals surface area (Å²) in [6.07, 6.45) is 1.50. The van der Waals surface area contributed by atoms with Crippen molar-refractivity contribution in [3.05, 3.63) is 47.5 Å². The van der Waals surface area contributed by atoms with Gasteiger partial charge in [-0.3, -0.25) is 0 Å². The van der Waals surface area contributed by atoms with Gasteiger partial charge >= 0.3 is 0 Å². The first-order valence-corrected chi connectivity index (χ1v) is 5.15. The zero-order valence-electron chi connectivity index (χ0n) is 10.3. The van der Waals surface area contributed by atoms with Crippen molar-refractivity contribution in [3.63, 3.8) is 0 Å². The normalized spacial score (nSPS) is 7.89. The van der Waals surface area contributed by atoms with Gasteiger partial charge in [-0.2, -0.15) is 0 Å². The topological polar surface area (TPSA) is 81.8 Å². The lowest BCUT2D eigenvalue weighted by Gasteiger charge is -2.03. The van der Waals surface area contributed by atoms with Gasteiger partial charge in [0.25, 0.3) is 0 Å². The van der Waals surface area contributed by atoms with E-state index in [0.29, 0.717) is 0 Å². The fourth-order valence-electron chi connectivity index (χ4n) is 1.62. The second-order valence-corrected chi connectivity index (χ2v) is 3.45. The summed E-state index contributed by atoms with van der Waals surface area (Å²) in [5.41, 5.74) is 2.72. The molecule has 0 radical (unpaired) electrons. The van der Waals surface area contributed by atoms with E-state index >= 15 is 0 Å². The molecule has 0 saturated heterocycles. The van der Waals surface area contributed by atoms with Gasteiger partial charge < -0.3 is 0 Å². The molecule has 2 N–H and O–H groups in total. The highest BCUT2D eigenvalue weighted by Crippen LogP contribution is 2.20. The maximum atomic E-state index is 8.35. The number of carbonyl (C=O) groups excluding carboxylic acids is 2. The van der Waals surface area contributed by atoms with E-state index in [9.17, 15) is 0 Å². The summed E-state index contributed by atoms with van der Waals surface area (Å²) in [6, 6.07) is 12.9. The third-order valence-corrected chi connectivity index (χ3v) is 2.36. The van der Waals surface area contributed by atoms with Gasteiger partial charge in [0, 0.05) is 0 Å². The van der Waals surface area contributed by atoms with Crippen LogP contribution in [0.3, 0.4) is 0 Å². The quantitative estimate of drug-likeness (QED) is 0.549. The first kappa shape index (κ1) is 15.5. The molecule has 0 aliphatic carbocycles. The van der Waals surface area contributed by atoms with E-state index in [1.807, 2.05) is 0 Å². The smallest absolute Gasteiger partial charge is 0.222 e. The molecule has 0 spiro atoms. The number of fused-ring (bicyclic) bond motifs is 1. The zero-order chi connectivity index (χ0) is 14.0. The van der Waals surface area contributed by atoms with Crippen molar-refractivity contribution in [3.8, 4) is 0 Å². The highest BCUT2D eigenvalue weighted by molar-refractivity contribution is 5.88. The molecule has 4 nitrogen and oxygen atoms in total. The van der Waals surface area contributed by atoms with Crippen molar-refractivity contribution in [2.75, 3.05) is 0 Å². The van der Waals surface area contributed by atoms with Crippen LogP contribution in [0.1, 0.15) is 11.1 Å². The van der Waals surface area contributed by atoms with E-state index in [-0.39, 0.29) is 0 Å². The van der Waals surface area contributed by atoms with Gasteiger partial charge in [-0.15, -0.1) is 0 Å². The maximum Gasteiger partial charge on any atom is 0.231 e. The third-order valence-electron chi connectivity index (χ3n) is 2.36. The second kappa shape index (κ2) is 8.59. The number of aryl methyl sites for hydroxylation is 2. The largest absolute Gasteiger partial charge is 0.231 e. The zero-order valence-corrected chi connectivity index (χ0v) is 10.3. The molecule has 0 bridgehead atoms. The number of rotatable bonds is 0. The lowest BCUT2D eigenvalue weighted by Crippen LogP contribution is -1.80. The van der Waals surface area contributed by atoms with Gasteiger partial charge in [-0.1, -0.05) is 36.4 Å². The van der Waals surface area contributed by atoms with E-state index in [0.717, 1.165) is 12.2 Å².